The molecule has 0 aliphatic carbocycles. The van der Waals surface area contributed by atoms with Gasteiger partial charge in [0.2, 0.25) is 10.0 Å². The summed E-state index contributed by atoms with van der Waals surface area (Å²) in [5.74, 6) is 1.39. The van der Waals surface area contributed by atoms with E-state index in [0.29, 0.717) is 38.1 Å². The third-order valence-corrected chi connectivity index (χ3v) is 7.71. The lowest BCUT2D eigenvalue weighted by atomic mass is 10.1. The number of carbonyl (C=O) groups is 1. The van der Waals surface area contributed by atoms with E-state index in [0.717, 1.165) is 16.5 Å². The molecule has 0 saturated carbocycles. The molecule has 1 amide bonds. The molecular weight excluding hydrogens is 428 g/mol. The van der Waals surface area contributed by atoms with Crippen molar-refractivity contribution in [2.75, 3.05) is 18.8 Å². The zero-order chi connectivity index (χ0) is 22.6. The van der Waals surface area contributed by atoms with E-state index in [2.05, 4.69) is 5.32 Å². The molecule has 1 aliphatic rings. The highest BCUT2D eigenvalue weighted by atomic mass is 32.2. The van der Waals surface area contributed by atoms with E-state index in [9.17, 15) is 13.2 Å². The summed E-state index contributed by atoms with van der Waals surface area (Å²) in [7, 11) is -3.19. The lowest BCUT2D eigenvalue weighted by molar-refractivity contribution is 0.0891. The van der Waals surface area contributed by atoms with Gasteiger partial charge < -0.3 is 14.5 Å². The Morgan fingerprint density at radius 1 is 1.09 bits per heavy atom. The fraction of sp³-hybridized carbons (Fsp3) is 0.375. The third kappa shape index (κ3) is 5.31. The van der Waals surface area contributed by atoms with Crippen molar-refractivity contribution in [3.63, 3.8) is 0 Å². The largest absolute Gasteiger partial charge is 0.486 e. The van der Waals surface area contributed by atoms with Gasteiger partial charge in [-0.3, -0.25) is 4.79 Å². The Kier molecular flexibility index (Phi) is 6.81. The van der Waals surface area contributed by atoms with Crippen molar-refractivity contribution in [2.24, 2.45) is 0 Å². The molecule has 0 bridgehead atoms. The number of nitrogens with zero attached hydrogens (tertiary/aromatic N) is 1. The van der Waals surface area contributed by atoms with Crippen LogP contribution in [0.15, 0.2) is 59.0 Å². The van der Waals surface area contributed by atoms with Gasteiger partial charge in [-0.1, -0.05) is 37.3 Å². The van der Waals surface area contributed by atoms with Crippen molar-refractivity contribution in [3.8, 4) is 5.75 Å². The minimum atomic E-state index is -3.19. The minimum absolute atomic E-state index is 0.0713. The van der Waals surface area contributed by atoms with Gasteiger partial charge in [-0.05, 0) is 54.3 Å². The van der Waals surface area contributed by atoms with Gasteiger partial charge in [-0.15, -0.1) is 0 Å². The van der Waals surface area contributed by atoms with Crippen molar-refractivity contribution < 1.29 is 22.4 Å². The van der Waals surface area contributed by atoms with Crippen LogP contribution in [0.5, 0.6) is 5.75 Å². The van der Waals surface area contributed by atoms with E-state index >= 15 is 0 Å². The predicted molar refractivity (Wildman–Crippen MR) is 123 cm³/mol. The smallest absolute Gasteiger partial charge is 0.287 e. The van der Waals surface area contributed by atoms with E-state index in [1.807, 2.05) is 49.4 Å². The molecule has 8 heteroatoms. The zero-order valence-electron chi connectivity index (χ0n) is 18.1. The van der Waals surface area contributed by atoms with E-state index in [1.165, 1.54) is 4.31 Å². The topological polar surface area (TPSA) is 88.9 Å². The fourth-order valence-electron chi connectivity index (χ4n) is 3.91. The van der Waals surface area contributed by atoms with Crippen molar-refractivity contribution in [1.29, 1.82) is 0 Å². The molecule has 0 radical (unpaired) electrons. The monoisotopic (exact) mass is 456 g/mol. The molecule has 7 nitrogen and oxygen atoms in total. The van der Waals surface area contributed by atoms with E-state index in [-0.39, 0.29) is 30.1 Å². The molecule has 0 spiro atoms. The van der Waals surface area contributed by atoms with Crippen LogP contribution in [0.1, 0.15) is 42.5 Å². The van der Waals surface area contributed by atoms with Crippen LogP contribution in [0.3, 0.4) is 0 Å². The number of benzene rings is 2. The summed E-state index contributed by atoms with van der Waals surface area (Å²) in [4.78, 5) is 12.6. The summed E-state index contributed by atoms with van der Waals surface area (Å²) in [6, 6.07) is 17.2. The molecule has 0 unspecified atom stereocenters. The van der Waals surface area contributed by atoms with Crippen molar-refractivity contribution >= 4 is 26.7 Å². The number of ether oxygens (including phenoxy) is 1. The summed E-state index contributed by atoms with van der Waals surface area (Å²) in [6.45, 7) is 2.93. The lowest BCUT2D eigenvalue weighted by Crippen LogP contribution is -2.47. The van der Waals surface area contributed by atoms with Crippen molar-refractivity contribution in [1.82, 2.24) is 9.62 Å². The first kappa shape index (κ1) is 22.4. The molecule has 32 heavy (non-hydrogen) atoms. The van der Waals surface area contributed by atoms with Crippen LogP contribution in [-0.2, 0) is 16.6 Å². The number of hydrogen-bond acceptors (Lipinski definition) is 5. The third-order valence-electron chi connectivity index (χ3n) is 5.63. The average Bonchev–Trinajstić information content (AvgIpc) is 3.27. The molecule has 1 aromatic heterocycles. The number of rotatable bonds is 8. The van der Waals surface area contributed by atoms with Crippen LogP contribution in [0, 0.1) is 0 Å². The molecule has 3 aromatic rings. The number of carbonyl (C=O) groups excluding carboxylic acids is 1. The van der Waals surface area contributed by atoms with E-state index in [1.54, 1.807) is 12.1 Å². The first-order valence-corrected chi connectivity index (χ1v) is 12.5. The van der Waals surface area contributed by atoms with E-state index < -0.39 is 10.0 Å². The number of nitrogens with one attached hydrogen (secondary N) is 1. The maximum atomic E-state index is 12.6. The van der Waals surface area contributed by atoms with Gasteiger partial charge in [0.25, 0.3) is 5.91 Å². The van der Waals surface area contributed by atoms with Crippen molar-refractivity contribution in [2.45, 2.75) is 38.8 Å². The molecule has 1 saturated heterocycles. The van der Waals surface area contributed by atoms with Crippen LogP contribution < -0.4 is 10.1 Å². The first-order chi connectivity index (χ1) is 15.4. The van der Waals surface area contributed by atoms with Crippen LogP contribution in [0.25, 0.3) is 10.8 Å². The molecular formula is C24H28N2O5S. The quantitative estimate of drug-likeness (QED) is 0.555. The van der Waals surface area contributed by atoms with Crippen LogP contribution in [0.2, 0.25) is 0 Å². The highest BCUT2D eigenvalue weighted by Gasteiger charge is 2.28. The number of hydrogen-bond donors (Lipinski definition) is 1. The van der Waals surface area contributed by atoms with Crippen LogP contribution >= 0.6 is 0 Å². The molecule has 0 atom stereocenters. The second-order valence-corrected chi connectivity index (χ2v) is 10.1. The molecule has 2 heterocycles. The molecule has 1 fully saturated rings. The number of amides is 1. The molecule has 2 aromatic carbocycles. The van der Waals surface area contributed by atoms with Gasteiger partial charge in [0.05, 0.1) is 5.75 Å². The summed E-state index contributed by atoms with van der Waals surface area (Å²) < 4.78 is 37.4. The average molecular weight is 457 g/mol. The lowest BCUT2D eigenvalue weighted by Gasteiger charge is -2.31. The van der Waals surface area contributed by atoms with E-state index in [4.69, 9.17) is 9.15 Å². The van der Waals surface area contributed by atoms with Gasteiger partial charge in [-0.25, -0.2) is 12.7 Å². The zero-order valence-corrected chi connectivity index (χ0v) is 18.9. The standard InChI is InChI=1S/C24H28N2O5S/c1-2-15-32(28,29)26-13-11-20(12-14-26)25-24(27)23-10-9-22(31-23)17-30-21-8-7-18-5-3-4-6-19(18)16-21/h3-10,16,20H,2,11-15,17H2,1H3,(H,25,27). The van der Waals surface area contributed by atoms with Gasteiger partial charge in [-0.2, -0.15) is 0 Å². The SMILES string of the molecule is CCCS(=O)(=O)N1CCC(NC(=O)c2ccc(COc3ccc4ccccc4c3)o2)CC1. The summed E-state index contributed by atoms with van der Waals surface area (Å²) in [6.07, 6.45) is 1.78. The predicted octanol–water partition coefficient (Wildman–Crippen LogP) is 3.95. The maximum absolute atomic E-state index is 12.6. The minimum Gasteiger partial charge on any atom is -0.486 e. The number of sulfonamides is 1. The Hall–Kier alpha value is -2.84. The molecule has 170 valence electrons. The normalized spacial score (nSPS) is 15.7. The van der Waals surface area contributed by atoms with Gasteiger partial charge in [0.1, 0.15) is 18.1 Å². The number of furan rings is 1. The Labute approximate surface area is 188 Å². The summed E-state index contributed by atoms with van der Waals surface area (Å²) in [5.41, 5.74) is 0. The van der Waals surface area contributed by atoms with Gasteiger partial charge in [0, 0.05) is 19.1 Å². The Morgan fingerprint density at radius 3 is 2.59 bits per heavy atom. The molecule has 1 aliphatic heterocycles. The van der Waals surface area contributed by atoms with Crippen LogP contribution in [-0.4, -0.2) is 43.5 Å². The number of piperidine rings is 1. The summed E-state index contributed by atoms with van der Waals surface area (Å²) >= 11 is 0. The van der Waals surface area contributed by atoms with Crippen molar-refractivity contribution in [3.05, 3.63) is 66.1 Å². The Morgan fingerprint density at radius 2 is 1.84 bits per heavy atom. The molecule has 4 rings (SSSR count). The second kappa shape index (κ2) is 9.75. The highest BCUT2D eigenvalue weighted by molar-refractivity contribution is 7.89. The maximum Gasteiger partial charge on any atom is 0.287 e. The van der Waals surface area contributed by atoms with Gasteiger partial charge in [0.15, 0.2) is 5.76 Å². The summed E-state index contributed by atoms with van der Waals surface area (Å²) in [5, 5.41) is 5.19. The Balaban J connectivity index is 1.28. The molecule has 1 N–H and O–H groups in total. The first-order valence-electron chi connectivity index (χ1n) is 10.9. The van der Waals surface area contributed by atoms with Crippen LogP contribution in [0.4, 0.5) is 0 Å². The Bertz CT molecular complexity index is 1180. The number of fused-ring (bicyclic) bond motifs is 1. The second-order valence-electron chi connectivity index (χ2n) is 8.03. The fourth-order valence-corrected chi connectivity index (χ4v) is 5.45. The highest BCUT2D eigenvalue weighted by Crippen LogP contribution is 2.22. The van der Waals surface area contributed by atoms with Gasteiger partial charge >= 0.3 is 0 Å².